The Balaban J connectivity index is 2.43. The van der Waals surface area contributed by atoms with Crippen molar-refractivity contribution in [3.63, 3.8) is 0 Å². The smallest absolute Gasteiger partial charge is 0.240 e. The van der Waals surface area contributed by atoms with Crippen molar-refractivity contribution in [2.75, 3.05) is 33.4 Å². The molecule has 0 saturated heterocycles. The highest BCUT2D eigenvalue weighted by atomic mass is 32.2. The van der Waals surface area contributed by atoms with Crippen LogP contribution >= 0.6 is 0 Å². The topological polar surface area (TPSA) is 67.4 Å². The second kappa shape index (κ2) is 9.07. The first-order valence-corrected chi connectivity index (χ1v) is 8.36. The van der Waals surface area contributed by atoms with E-state index in [1.807, 2.05) is 12.1 Å². The number of methoxy groups -OCH3 is 1. The van der Waals surface area contributed by atoms with Gasteiger partial charge in [0.15, 0.2) is 0 Å². The van der Waals surface area contributed by atoms with E-state index in [0.717, 1.165) is 18.4 Å². The highest BCUT2D eigenvalue weighted by Gasteiger charge is 2.12. The molecule has 0 amide bonds. The van der Waals surface area contributed by atoms with Gasteiger partial charge in [0.25, 0.3) is 0 Å². The Bertz CT molecular complexity index is 472. The van der Waals surface area contributed by atoms with Crippen LogP contribution in [-0.2, 0) is 21.2 Å². The maximum absolute atomic E-state index is 12.0. The van der Waals surface area contributed by atoms with Gasteiger partial charge in [0.05, 0.1) is 11.5 Å². The molecule has 0 aliphatic heterocycles. The Morgan fingerprint density at radius 3 is 2.40 bits per heavy atom. The molecule has 114 valence electrons. The van der Waals surface area contributed by atoms with E-state index >= 15 is 0 Å². The average Bonchev–Trinajstić information content (AvgIpc) is 2.44. The highest BCUT2D eigenvalue weighted by molar-refractivity contribution is 7.89. The maximum atomic E-state index is 12.0. The molecule has 0 radical (unpaired) electrons. The highest BCUT2D eigenvalue weighted by Crippen LogP contribution is 2.11. The van der Waals surface area contributed by atoms with E-state index < -0.39 is 10.0 Å². The van der Waals surface area contributed by atoms with E-state index in [-0.39, 0.29) is 0 Å². The average molecular weight is 300 g/mol. The van der Waals surface area contributed by atoms with Crippen molar-refractivity contribution < 1.29 is 13.2 Å². The lowest BCUT2D eigenvalue weighted by atomic mass is 10.1. The fraction of sp³-hybridized carbons (Fsp3) is 0.571. The number of hydrogen-bond donors (Lipinski definition) is 2. The number of sulfonamides is 1. The summed E-state index contributed by atoms with van der Waals surface area (Å²) in [6, 6.07) is 7.06. The second-order valence-electron chi connectivity index (χ2n) is 4.53. The van der Waals surface area contributed by atoms with Crippen LogP contribution < -0.4 is 10.0 Å². The van der Waals surface area contributed by atoms with Crippen molar-refractivity contribution in [2.24, 2.45) is 0 Å². The van der Waals surface area contributed by atoms with Gasteiger partial charge in [-0.1, -0.05) is 25.5 Å². The minimum Gasteiger partial charge on any atom is -0.383 e. The van der Waals surface area contributed by atoms with E-state index in [0.29, 0.717) is 31.1 Å². The molecule has 2 N–H and O–H groups in total. The van der Waals surface area contributed by atoms with Gasteiger partial charge in [-0.15, -0.1) is 0 Å². The van der Waals surface area contributed by atoms with Crippen LogP contribution in [0, 0.1) is 0 Å². The summed E-state index contributed by atoms with van der Waals surface area (Å²) in [5.74, 6) is 0. The number of hydrogen-bond acceptors (Lipinski definition) is 4. The van der Waals surface area contributed by atoms with Crippen molar-refractivity contribution in [1.29, 1.82) is 0 Å². The van der Waals surface area contributed by atoms with E-state index in [1.54, 1.807) is 19.2 Å². The minimum atomic E-state index is -3.41. The van der Waals surface area contributed by atoms with Crippen LogP contribution in [0.5, 0.6) is 0 Å². The van der Waals surface area contributed by atoms with Gasteiger partial charge in [0, 0.05) is 26.7 Å². The third-order valence-electron chi connectivity index (χ3n) is 2.85. The summed E-state index contributed by atoms with van der Waals surface area (Å²) >= 11 is 0. The molecule has 0 aliphatic carbocycles. The number of benzene rings is 1. The van der Waals surface area contributed by atoms with Crippen LogP contribution in [-0.4, -0.2) is 41.8 Å². The summed E-state index contributed by atoms with van der Waals surface area (Å²) in [6.07, 6.45) is 2.02. The standard InChI is InChI=1S/C14H24N2O3S/c1-3-4-13-5-7-14(8-6-13)20(17,18)16-10-9-15-11-12-19-2/h5-8,15-16H,3-4,9-12H2,1-2H3. The second-order valence-corrected chi connectivity index (χ2v) is 6.30. The summed E-state index contributed by atoms with van der Waals surface area (Å²) in [6.45, 7) is 4.37. The van der Waals surface area contributed by atoms with E-state index in [2.05, 4.69) is 17.0 Å². The fourth-order valence-corrected chi connectivity index (χ4v) is 2.81. The van der Waals surface area contributed by atoms with Crippen molar-refractivity contribution >= 4 is 10.0 Å². The zero-order chi connectivity index (χ0) is 14.8. The molecule has 0 atom stereocenters. The molecular weight excluding hydrogens is 276 g/mol. The summed E-state index contributed by atoms with van der Waals surface area (Å²) in [5.41, 5.74) is 1.16. The van der Waals surface area contributed by atoms with E-state index in [4.69, 9.17) is 4.74 Å². The summed E-state index contributed by atoms with van der Waals surface area (Å²) in [5, 5.41) is 3.08. The SMILES string of the molecule is CCCc1ccc(S(=O)(=O)NCCNCCOC)cc1. The monoisotopic (exact) mass is 300 g/mol. The molecule has 20 heavy (non-hydrogen) atoms. The lowest BCUT2D eigenvalue weighted by Gasteiger charge is -2.08. The van der Waals surface area contributed by atoms with Crippen LogP contribution in [0.4, 0.5) is 0 Å². The lowest BCUT2D eigenvalue weighted by Crippen LogP contribution is -2.33. The van der Waals surface area contributed by atoms with Crippen molar-refractivity contribution in [3.05, 3.63) is 29.8 Å². The molecule has 5 nitrogen and oxygen atoms in total. The summed E-state index contributed by atoms with van der Waals surface area (Å²) < 4.78 is 31.5. The normalized spacial score (nSPS) is 11.7. The van der Waals surface area contributed by atoms with Crippen LogP contribution in [0.1, 0.15) is 18.9 Å². The molecule has 0 aliphatic rings. The number of ether oxygens (including phenoxy) is 1. The first-order chi connectivity index (χ1) is 9.60. The molecular formula is C14H24N2O3S. The number of aryl methyl sites for hydroxylation is 1. The predicted molar refractivity (Wildman–Crippen MR) is 80.4 cm³/mol. The zero-order valence-electron chi connectivity index (χ0n) is 12.2. The number of nitrogens with one attached hydrogen (secondary N) is 2. The van der Waals surface area contributed by atoms with Gasteiger partial charge < -0.3 is 10.1 Å². The molecule has 1 aromatic rings. The molecule has 0 spiro atoms. The van der Waals surface area contributed by atoms with Crippen molar-refractivity contribution in [3.8, 4) is 0 Å². The Kier molecular flexibility index (Phi) is 7.76. The Hall–Kier alpha value is -0.950. The van der Waals surface area contributed by atoms with Gasteiger partial charge >= 0.3 is 0 Å². The van der Waals surface area contributed by atoms with E-state index in [9.17, 15) is 8.42 Å². The first-order valence-electron chi connectivity index (χ1n) is 6.88. The quantitative estimate of drug-likeness (QED) is 0.636. The largest absolute Gasteiger partial charge is 0.383 e. The van der Waals surface area contributed by atoms with Gasteiger partial charge in [-0.2, -0.15) is 0 Å². The fourth-order valence-electron chi connectivity index (χ4n) is 1.78. The summed E-state index contributed by atoms with van der Waals surface area (Å²) in [7, 11) is -1.77. The lowest BCUT2D eigenvalue weighted by molar-refractivity contribution is 0.199. The van der Waals surface area contributed by atoms with Crippen LogP contribution in [0.3, 0.4) is 0 Å². The minimum absolute atomic E-state index is 0.314. The van der Waals surface area contributed by atoms with Gasteiger partial charge in [0.1, 0.15) is 0 Å². The molecule has 0 bridgehead atoms. The van der Waals surface area contributed by atoms with Crippen LogP contribution in [0.15, 0.2) is 29.2 Å². The van der Waals surface area contributed by atoms with Crippen molar-refractivity contribution in [2.45, 2.75) is 24.7 Å². The predicted octanol–water partition coefficient (Wildman–Crippen LogP) is 1.15. The maximum Gasteiger partial charge on any atom is 0.240 e. The van der Waals surface area contributed by atoms with Gasteiger partial charge in [-0.3, -0.25) is 0 Å². The Labute approximate surface area is 121 Å². The van der Waals surface area contributed by atoms with Gasteiger partial charge in [-0.05, 0) is 24.1 Å². The molecule has 1 rings (SSSR count). The van der Waals surface area contributed by atoms with E-state index in [1.165, 1.54) is 0 Å². The molecule has 1 aromatic carbocycles. The molecule has 0 fully saturated rings. The zero-order valence-corrected chi connectivity index (χ0v) is 13.0. The van der Waals surface area contributed by atoms with Gasteiger partial charge in [0.2, 0.25) is 10.0 Å². The molecule has 0 heterocycles. The summed E-state index contributed by atoms with van der Waals surface area (Å²) in [4.78, 5) is 0.314. The number of rotatable bonds is 10. The molecule has 0 saturated carbocycles. The first kappa shape index (κ1) is 17.1. The Morgan fingerprint density at radius 2 is 1.80 bits per heavy atom. The molecule has 0 aromatic heterocycles. The van der Waals surface area contributed by atoms with Gasteiger partial charge in [-0.25, -0.2) is 13.1 Å². The third kappa shape index (κ3) is 6.00. The Morgan fingerprint density at radius 1 is 1.10 bits per heavy atom. The van der Waals surface area contributed by atoms with Crippen molar-refractivity contribution in [1.82, 2.24) is 10.0 Å². The third-order valence-corrected chi connectivity index (χ3v) is 4.33. The molecule has 6 heteroatoms. The van der Waals surface area contributed by atoms with Crippen LogP contribution in [0.2, 0.25) is 0 Å². The van der Waals surface area contributed by atoms with Crippen LogP contribution in [0.25, 0.3) is 0 Å². The molecule has 0 unspecified atom stereocenters.